The number of nitro groups is 1. The Morgan fingerprint density at radius 3 is 2.50 bits per heavy atom. The second-order valence-electron chi connectivity index (χ2n) is 6.51. The van der Waals surface area contributed by atoms with Crippen LogP contribution in [0, 0.1) is 24.0 Å². The van der Waals surface area contributed by atoms with Crippen molar-refractivity contribution >= 4 is 28.3 Å². The zero-order chi connectivity index (χ0) is 22.2. The highest BCUT2D eigenvalue weighted by molar-refractivity contribution is 5.94. The second-order valence-corrected chi connectivity index (χ2v) is 6.51. The van der Waals surface area contributed by atoms with E-state index in [4.69, 9.17) is 0 Å². The molecular formula is C18H15F4N5O3. The third-order valence-electron chi connectivity index (χ3n) is 4.30. The molecule has 158 valence electrons. The monoisotopic (exact) mass is 425 g/mol. The molecule has 0 fully saturated rings. The maximum atomic E-state index is 13.4. The van der Waals surface area contributed by atoms with Crippen molar-refractivity contribution in [3.63, 3.8) is 0 Å². The summed E-state index contributed by atoms with van der Waals surface area (Å²) >= 11 is 0. The fourth-order valence-corrected chi connectivity index (χ4v) is 3.03. The lowest BCUT2D eigenvalue weighted by molar-refractivity contribution is -0.384. The molecule has 0 bridgehead atoms. The summed E-state index contributed by atoms with van der Waals surface area (Å²) in [5, 5.41) is 17.4. The molecule has 3 rings (SSSR count). The van der Waals surface area contributed by atoms with E-state index in [1.165, 1.54) is 19.1 Å². The van der Waals surface area contributed by atoms with Gasteiger partial charge in [0.15, 0.2) is 5.65 Å². The molecule has 0 aliphatic rings. The van der Waals surface area contributed by atoms with Gasteiger partial charge in [0.2, 0.25) is 5.91 Å². The number of pyridine rings is 1. The quantitative estimate of drug-likeness (QED) is 0.357. The molecule has 0 saturated heterocycles. The van der Waals surface area contributed by atoms with E-state index in [1.807, 2.05) is 0 Å². The zero-order valence-corrected chi connectivity index (χ0v) is 15.7. The van der Waals surface area contributed by atoms with Crippen molar-refractivity contribution in [2.75, 3.05) is 5.32 Å². The van der Waals surface area contributed by atoms with Crippen LogP contribution in [0.15, 0.2) is 24.3 Å². The summed E-state index contributed by atoms with van der Waals surface area (Å²) < 4.78 is 53.9. The number of alkyl halides is 4. The first-order chi connectivity index (χ1) is 14.1. The molecule has 1 amide bonds. The number of carbonyl (C=O) groups is 1. The van der Waals surface area contributed by atoms with Gasteiger partial charge in [0, 0.05) is 11.6 Å². The third-order valence-corrected chi connectivity index (χ3v) is 4.30. The molecule has 12 heteroatoms. The van der Waals surface area contributed by atoms with E-state index in [9.17, 15) is 32.5 Å². The molecule has 30 heavy (non-hydrogen) atoms. The van der Waals surface area contributed by atoms with Crippen molar-refractivity contribution in [3.05, 3.63) is 56.9 Å². The lowest BCUT2D eigenvalue weighted by atomic mass is 10.1. The van der Waals surface area contributed by atoms with Gasteiger partial charge in [-0.25, -0.2) is 27.2 Å². The number of aromatic nitrogens is 3. The van der Waals surface area contributed by atoms with Crippen molar-refractivity contribution in [2.24, 2.45) is 0 Å². The fourth-order valence-electron chi connectivity index (χ4n) is 3.03. The molecule has 1 N–H and O–H groups in total. The topological polar surface area (TPSA) is 103 Å². The maximum absolute atomic E-state index is 13.4. The minimum absolute atomic E-state index is 0.0710. The van der Waals surface area contributed by atoms with Crippen molar-refractivity contribution in [3.8, 4) is 0 Å². The molecule has 8 nitrogen and oxygen atoms in total. The van der Waals surface area contributed by atoms with Crippen molar-refractivity contribution in [2.45, 2.75) is 33.2 Å². The minimum Gasteiger partial charge on any atom is -0.319 e. The van der Waals surface area contributed by atoms with Gasteiger partial charge in [-0.3, -0.25) is 14.9 Å². The van der Waals surface area contributed by atoms with Gasteiger partial charge < -0.3 is 5.32 Å². The molecule has 0 aliphatic carbocycles. The van der Waals surface area contributed by atoms with Gasteiger partial charge in [0.05, 0.1) is 16.0 Å². The van der Waals surface area contributed by atoms with E-state index < -0.39 is 41.5 Å². The normalized spacial score (nSPS) is 11.5. The molecule has 0 saturated carbocycles. The first-order valence-corrected chi connectivity index (χ1v) is 8.57. The van der Waals surface area contributed by atoms with Gasteiger partial charge in [0.1, 0.15) is 17.9 Å². The Bertz CT molecular complexity index is 1150. The van der Waals surface area contributed by atoms with Crippen LogP contribution in [0.25, 0.3) is 11.0 Å². The summed E-state index contributed by atoms with van der Waals surface area (Å²) in [5.41, 5.74) is -1.53. The first-order valence-electron chi connectivity index (χ1n) is 8.57. The van der Waals surface area contributed by atoms with Crippen LogP contribution in [0.4, 0.5) is 28.9 Å². The van der Waals surface area contributed by atoms with Crippen LogP contribution in [0.3, 0.4) is 0 Å². The molecule has 0 unspecified atom stereocenters. The number of hydrogen-bond acceptors (Lipinski definition) is 5. The summed E-state index contributed by atoms with van der Waals surface area (Å²) in [7, 11) is 0. The van der Waals surface area contributed by atoms with Crippen LogP contribution in [0.1, 0.15) is 35.4 Å². The molecule has 0 radical (unpaired) electrons. The zero-order valence-electron chi connectivity index (χ0n) is 15.7. The van der Waals surface area contributed by atoms with Crippen LogP contribution >= 0.6 is 0 Å². The highest BCUT2D eigenvalue weighted by Crippen LogP contribution is 2.32. The van der Waals surface area contributed by atoms with E-state index in [2.05, 4.69) is 15.4 Å². The summed E-state index contributed by atoms with van der Waals surface area (Å²) in [6, 6.07) is 4.79. The number of nitrogens with one attached hydrogen (secondary N) is 1. The Morgan fingerprint density at radius 2 is 1.90 bits per heavy atom. The number of nitrogens with zero attached hydrogens (tertiary/aromatic N) is 4. The number of rotatable bonds is 6. The summed E-state index contributed by atoms with van der Waals surface area (Å²) in [5.74, 6) is -0.769. The van der Waals surface area contributed by atoms with Crippen LogP contribution in [-0.4, -0.2) is 25.6 Å². The van der Waals surface area contributed by atoms with E-state index >= 15 is 0 Å². The predicted octanol–water partition coefficient (Wildman–Crippen LogP) is 4.47. The molecule has 2 aromatic heterocycles. The van der Waals surface area contributed by atoms with E-state index in [-0.39, 0.29) is 28.1 Å². The van der Waals surface area contributed by atoms with Crippen molar-refractivity contribution < 1.29 is 27.3 Å². The van der Waals surface area contributed by atoms with E-state index in [1.54, 1.807) is 13.0 Å². The number of benzene rings is 1. The number of carbonyl (C=O) groups excluding carboxylic acids is 1. The number of nitro benzene ring substituents is 1. The summed E-state index contributed by atoms with van der Waals surface area (Å²) in [4.78, 5) is 26.6. The van der Waals surface area contributed by atoms with Crippen molar-refractivity contribution in [1.82, 2.24) is 14.8 Å². The van der Waals surface area contributed by atoms with Gasteiger partial charge in [0.25, 0.3) is 18.5 Å². The van der Waals surface area contributed by atoms with Gasteiger partial charge >= 0.3 is 0 Å². The highest BCUT2D eigenvalue weighted by atomic mass is 19.3. The number of aryl methyl sites for hydroxylation is 2. The number of fused-ring (bicyclic) bond motifs is 1. The second kappa shape index (κ2) is 8.05. The van der Waals surface area contributed by atoms with Gasteiger partial charge in [-0.1, -0.05) is 6.07 Å². The summed E-state index contributed by atoms with van der Waals surface area (Å²) in [6.45, 7) is 2.46. The van der Waals surface area contributed by atoms with Crippen LogP contribution in [0.2, 0.25) is 0 Å². The SMILES string of the molecule is Cc1ccc(NC(=O)Cn2nc(C)c3c(C(F)F)cc(C(F)F)nc32)c([N+](=O)[O-])c1. The highest BCUT2D eigenvalue weighted by Gasteiger charge is 2.24. The smallest absolute Gasteiger partial charge is 0.293 e. The van der Waals surface area contributed by atoms with Gasteiger partial charge in [-0.05, 0) is 31.5 Å². The number of halogens is 4. The molecule has 2 heterocycles. The summed E-state index contributed by atoms with van der Waals surface area (Å²) in [6.07, 6.45) is -6.15. The fraction of sp³-hybridized carbons (Fsp3) is 0.278. The average molecular weight is 425 g/mol. The number of amides is 1. The minimum atomic E-state index is -3.10. The Labute approximate surface area is 166 Å². The van der Waals surface area contributed by atoms with Crippen LogP contribution in [0.5, 0.6) is 0 Å². The number of anilines is 1. The Morgan fingerprint density at radius 1 is 1.20 bits per heavy atom. The van der Waals surface area contributed by atoms with E-state index in [0.29, 0.717) is 11.6 Å². The standard InChI is InChI=1S/C18H15F4N5O3/c1-8-3-4-11(13(5-8)27(29)30)23-14(28)7-26-18-15(9(2)25-26)10(16(19)20)6-12(24-18)17(21)22/h3-6,16-17H,7H2,1-2H3,(H,23,28). The third kappa shape index (κ3) is 4.07. The first kappa shape index (κ1) is 21.1. The predicted molar refractivity (Wildman–Crippen MR) is 98.6 cm³/mol. The Kier molecular flexibility index (Phi) is 5.67. The molecule has 0 aliphatic heterocycles. The molecule has 0 atom stereocenters. The largest absolute Gasteiger partial charge is 0.319 e. The Hall–Kier alpha value is -3.57. The average Bonchev–Trinajstić information content (AvgIpc) is 2.97. The lowest BCUT2D eigenvalue weighted by Gasteiger charge is -2.09. The molecule has 1 aromatic carbocycles. The lowest BCUT2D eigenvalue weighted by Crippen LogP contribution is -2.20. The van der Waals surface area contributed by atoms with Crippen molar-refractivity contribution in [1.29, 1.82) is 0 Å². The Balaban J connectivity index is 1.98. The van der Waals surface area contributed by atoms with Crippen LogP contribution < -0.4 is 5.32 Å². The molecular weight excluding hydrogens is 410 g/mol. The maximum Gasteiger partial charge on any atom is 0.293 e. The van der Waals surface area contributed by atoms with Gasteiger partial charge in [-0.15, -0.1) is 0 Å². The van der Waals surface area contributed by atoms with E-state index in [0.717, 1.165) is 4.68 Å². The van der Waals surface area contributed by atoms with Gasteiger partial charge in [-0.2, -0.15) is 5.10 Å². The van der Waals surface area contributed by atoms with Crippen LogP contribution in [-0.2, 0) is 11.3 Å². The number of hydrogen-bond donors (Lipinski definition) is 1. The molecule has 0 spiro atoms. The molecule has 3 aromatic rings.